The van der Waals surface area contributed by atoms with Gasteiger partial charge in [0, 0.05) is 0 Å². The van der Waals surface area contributed by atoms with Gasteiger partial charge in [-0.1, -0.05) is 133 Å². The number of aliphatic hydroxyl groups excluding tert-OH is 1. The Bertz CT molecular complexity index is 1620. The van der Waals surface area contributed by atoms with Crippen LogP contribution in [0.3, 0.4) is 0 Å². The van der Waals surface area contributed by atoms with Crippen molar-refractivity contribution in [3.05, 3.63) is 166 Å². The van der Waals surface area contributed by atoms with E-state index in [1.165, 1.54) is 16.7 Å². The van der Waals surface area contributed by atoms with Crippen LogP contribution in [0.5, 0.6) is 0 Å². The lowest BCUT2D eigenvalue weighted by atomic mass is 9.90. The van der Waals surface area contributed by atoms with Crippen molar-refractivity contribution >= 4 is 14.7 Å². The molecule has 276 valence electrons. The number of aliphatic hydroxyl groups is 1. The molecular formula is C44H54NO6P. The van der Waals surface area contributed by atoms with Crippen LogP contribution in [0.2, 0.25) is 0 Å². The predicted molar refractivity (Wildman–Crippen MR) is 211 cm³/mol. The van der Waals surface area contributed by atoms with Gasteiger partial charge in [0.15, 0.2) is 0 Å². The fourth-order valence-electron chi connectivity index (χ4n) is 5.77. The molecule has 0 spiro atoms. The Morgan fingerprint density at radius 2 is 1.35 bits per heavy atom. The van der Waals surface area contributed by atoms with E-state index in [1.807, 2.05) is 91.0 Å². The van der Waals surface area contributed by atoms with Gasteiger partial charge in [0.2, 0.25) is 0 Å². The number of amides is 1. The van der Waals surface area contributed by atoms with Crippen molar-refractivity contribution in [2.75, 3.05) is 13.2 Å². The third-order valence-electron chi connectivity index (χ3n) is 8.90. The van der Waals surface area contributed by atoms with Gasteiger partial charge in [0.25, 0.3) is 0 Å². The molecule has 7 nitrogen and oxygen atoms in total. The first-order chi connectivity index (χ1) is 25.4. The molecule has 0 fully saturated rings. The molecule has 0 saturated heterocycles. The Morgan fingerprint density at radius 3 is 1.88 bits per heavy atom. The number of alkyl carbamates (subject to hydrolysis) is 1. The number of nitrogens with one attached hydrogen (secondary N) is 1. The highest BCUT2D eigenvalue weighted by atomic mass is 31.2. The minimum absolute atomic E-state index is 0.0439. The number of carbonyl (C=O) groups is 1. The van der Waals surface area contributed by atoms with Gasteiger partial charge in [-0.05, 0) is 92.7 Å². The van der Waals surface area contributed by atoms with E-state index in [0.717, 1.165) is 47.9 Å². The fourth-order valence-corrected chi connectivity index (χ4v) is 6.85. The number of ether oxygens (including phenoxy) is 1. The second-order valence-electron chi connectivity index (χ2n) is 13.0. The SMILES string of the molecule is C/C=C\C(=C/C)CCCCc1ccc(CCC(CO)(COP(OCc2ccccc2)OCc2ccccc2)NC(=O)OCc2ccccc2)c(C)c1. The Morgan fingerprint density at radius 1 is 0.750 bits per heavy atom. The molecule has 1 amide bonds. The number of benzene rings is 4. The largest absolute Gasteiger partial charge is 0.445 e. The number of hydrogen-bond donors (Lipinski definition) is 2. The Kier molecular flexibility index (Phi) is 17.8. The van der Waals surface area contributed by atoms with Gasteiger partial charge in [-0.15, -0.1) is 0 Å². The Labute approximate surface area is 311 Å². The second kappa shape index (κ2) is 22.8. The summed E-state index contributed by atoms with van der Waals surface area (Å²) in [6.07, 6.45) is 11.2. The Balaban J connectivity index is 1.45. The van der Waals surface area contributed by atoms with Crippen LogP contribution >= 0.6 is 8.60 Å². The van der Waals surface area contributed by atoms with Crippen LogP contribution in [0.1, 0.15) is 72.9 Å². The van der Waals surface area contributed by atoms with Gasteiger partial charge in [0.1, 0.15) is 6.61 Å². The highest BCUT2D eigenvalue weighted by molar-refractivity contribution is 7.41. The van der Waals surface area contributed by atoms with E-state index in [1.54, 1.807) is 0 Å². The summed E-state index contributed by atoms with van der Waals surface area (Å²) in [7, 11) is -1.85. The summed E-state index contributed by atoms with van der Waals surface area (Å²) in [5, 5.41) is 13.9. The molecule has 4 aromatic carbocycles. The molecule has 52 heavy (non-hydrogen) atoms. The molecule has 8 heteroatoms. The van der Waals surface area contributed by atoms with Crippen LogP contribution in [-0.2, 0) is 51.0 Å². The van der Waals surface area contributed by atoms with E-state index < -0.39 is 20.2 Å². The van der Waals surface area contributed by atoms with Crippen LogP contribution < -0.4 is 5.32 Å². The van der Waals surface area contributed by atoms with Gasteiger partial charge in [-0.2, -0.15) is 0 Å². The highest BCUT2D eigenvalue weighted by Crippen LogP contribution is 2.43. The first kappa shape index (κ1) is 40.7. The molecule has 0 aliphatic carbocycles. The van der Waals surface area contributed by atoms with E-state index in [2.05, 4.69) is 62.5 Å². The molecular weight excluding hydrogens is 669 g/mol. The maximum Gasteiger partial charge on any atom is 0.408 e. The molecule has 4 aromatic rings. The zero-order valence-corrected chi connectivity index (χ0v) is 31.7. The lowest BCUT2D eigenvalue weighted by Crippen LogP contribution is -2.55. The van der Waals surface area contributed by atoms with Crippen molar-refractivity contribution < 1.29 is 28.2 Å². The molecule has 1 unspecified atom stereocenters. The summed E-state index contributed by atoms with van der Waals surface area (Å²) < 4.78 is 24.2. The van der Waals surface area contributed by atoms with E-state index >= 15 is 0 Å². The summed E-state index contributed by atoms with van der Waals surface area (Å²) in [4.78, 5) is 13.2. The minimum atomic E-state index is -1.85. The van der Waals surface area contributed by atoms with Crippen LogP contribution in [0.4, 0.5) is 4.79 Å². The quantitative estimate of drug-likeness (QED) is 0.0477. The van der Waals surface area contributed by atoms with Crippen molar-refractivity contribution in [3.63, 3.8) is 0 Å². The number of aryl methyl sites for hydroxylation is 3. The van der Waals surface area contributed by atoms with Gasteiger partial charge < -0.3 is 28.7 Å². The zero-order chi connectivity index (χ0) is 36.9. The smallest absolute Gasteiger partial charge is 0.408 e. The monoisotopic (exact) mass is 723 g/mol. The first-order valence-electron chi connectivity index (χ1n) is 18.1. The lowest BCUT2D eigenvalue weighted by Gasteiger charge is -2.33. The number of carbonyl (C=O) groups excluding carboxylic acids is 1. The minimum Gasteiger partial charge on any atom is -0.445 e. The fraction of sp³-hybridized carbons (Fsp3) is 0.341. The van der Waals surface area contributed by atoms with E-state index in [4.69, 9.17) is 18.3 Å². The summed E-state index contributed by atoms with van der Waals surface area (Å²) in [6.45, 7) is 6.54. The summed E-state index contributed by atoms with van der Waals surface area (Å²) in [6, 6.07) is 35.7. The van der Waals surface area contributed by atoms with Crippen LogP contribution in [0.15, 0.2) is 133 Å². The maximum absolute atomic E-state index is 13.2. The van der Waals surface area contributed by atoms with Crippen LogP contribution in [-0.4, -0.2) is 30.0 Å². The number of allylic oxidation sites excluding steroid dienone is 4. The van der Waals surface area contributed by atoms with Crippen molar-refractivity contribution in [1.29, 1.82) is 0 Å². The molecule has 0 radical (unpaired) electrons. The third-order valence-corrected chi connectivity index (χ3v) is 9.92. The molecule has 0 saturated carbocycles. The predicted octanol–water partition coefficient (Wildman–Crippen LogP) is 10.5. The summed E-state index contributed by atoms with van der Waals surface area (Å²) in [5.74, 6) is 0. The van der Waals surface area contributed by atoms with Crippen molar-refractivity contribution in [2.24, 2.45) is 0 Å². The van der Waals surface area contributed by atoms with Gasteiger partial charge in [0.05, 0.1) is 32.0 Å². The standard InChI is InChI=1S/C44H54NO6P/c1-4-17-37(5-2)18-15-16-19-38-26-27-42(36(3)30-38)28-29-44(34-46,45-43(47)48-31-39-20-9-6-10-21-39)35-51-52(49-32-40-22-11-7-12-23-40)50-33-41-24-13-8-14-25-41/h4-14,17,20-27,30,46H,15-16,18-19,28-29,31-35H2,1-3H3,(H,45,47)/b17-4-,37-5+. The van der Waals surface area contributed by atoms with Crippen molar-refractivity contribution in [1.82, 2.24) is 5.32 Å². The second-order valence-corrected chi connectivity index (χ2v) is 14.2. The maximum atomic E-state index is 13.2. The van der Waals surface area contributed by atoms with Gasteiger partial charge >= 0.3 is 14.7 Å². The number of unbranched alkanes of at least 4 members (excludes halogenated alkanes) is 1. The van der Waals surface area contributed by atoms with E-state index in [-0.39, 0.29) is 33.0 Å². The average Bonchev–Trinajstić information content (AvgIpc) is 3.18. The topological polar surface area (TPSA) is 86.3 Å². The third kappa shape index (κ3) is 14.5. The molecule has 0 heterocycles. The molecule has 1 atom stereocenters. The number of hydrogen-bond acceptors (Lipinski definition) is 6. The van der Waals surface area contributed by atoms with Gasteiger partial charge in [-0.25, -0.2) is 4.79 Å². The average molecular weight is 724 g/mol. The summed E-state index contributed by atoms with van der Waals surface area (Å²) >= 11 is 0. The first-order valence-corrected chi connectivity index (χ1v) is 19.2. The van der Waals surface area contributed by atoms with Crippen molar-refractivity contribution in [3.8, 4) is 0 Å². The normalized spacial score (nSPS) is 13.0. The van der Waals surface area contributed by atoms with E-state index in [9.17, 15) is 9.90 Å². The molecule has 2 N–H and O–H groups in total. The molecule has 0 aliphatic heterocycles. The molecule has 0 aliphatic rings. The van der Waals surface area contributed by atoms with Crippen LogP contribution in [0, 0.1) is 6.92 Å². The Hall–Kier alpha value is -4.10. The zero-order valence-electron chi connectivity index (χ0n) is 30.8. The van der Waals surface area contributed by atoms with E-state index in [0.29, 0.717) is 12.8 Å². The summed E-state index contributed by atoms with van der Waals surface area (Å²) in [5.41, 5.74) is 6.68. The molecule has 4 rings (SSSR count). The highest BCUT2D eigenvalue weighted by Gasteiger charge is 2.34. The number of rotatable bonds is 22. The van der Waals surface area contributed by atoms with Gasteiger partial charge in [-0.3, -0.25) is 0 Å². The molecule has 0 aromatic heterocycles. The lowest BCUT2D eigenvalue weighted by molar-refractivity contribution is 0.0599. The van der Waals surface area contributed by atoms with Crippen LogP contribution in [0.25, 0.3) is 0 Å². The van der Waals surface area contributed by atoms with Crippen molar-refractivity contribution in [2.45, 2.75) is 84.7 Å². The molecule has 0 bridgehead atoms.